The molecule has 9 aromatic rings. The van der Waals surface area contributed by atoms with Crippen LogP contribution >= 0.6 is 50.2 Å². The number of pyridine rings is 1. The standard InChI is InChI=1S/C28H30ClN9O2Si.C23H27ClN8O2Si.2H2S/c1-41(2,3)14-13-40-18-35-16-19(15-30)23-26(35)32-17-33-27(23)36-11-6-7-21(36)25-34-37-12-9-20(29)24(37)28(39)38(25)22-8-4-5-10-31-22;1-35(2,3)10-9-34-14-30-12-15(11-25)18-21(30)26-13-27-22(18)31-7-4-5-17(31)20-28-23(33)19-16(24)6-8-32(19)29-20;;/h4-5,8-10,12,16-17,21H,6-7,11,13-14,18H2,1-3H3;6,8,12-13,17H,4-5,7,9-10,14H2,1-3H3,(H,28,29,33);2*1H2/t21-;17-;;/m00../s1. The lowest BCUT2D eigenvalue weighted by atomic mass is 10.1. The molecule has 0 spiro atoms. The first-order valence-corrected chi connectivity index (χ1v) is 33.4. The Morgan fingerprint density at radius 1 is 0.692 bits per heavy atom. The molecule has 2 aliphatic heterocycles. The highest BCUT2D eigenvalue weighted by Crippen LogP contribution is 2.40. The zero-order chi connectivity index (χ0) is 53.5. The summed E-state index contributed by atoms with van der Waals surface area (Å²) in [7, 11) is -2.43. The van der Waals surface area contributed by atoms with Crippen LogP contribution in [0.4, 0.5) is 11.6 Å². The minimum absolute atomic E-state index is 0. The fourth-order valence-electron chi connectivity index (χ4n) is 9.82. The summed E-state index contributed by atoms with van der Waals surface area (Å²) in [6, 6.07) is 14.9. The smallest absolute Gasteiger partial charge is 0.285 e. The molecule has 78 heavy (non-hydrogen) atoms. The van der Waals surface area contributed by atoms with Gasteiger partial charge in [0, 0.05) is 73.4 Å². The van der Waals surface area contributed by atoms with Crippen molar-refractivity contribution in [3.63, 3.8) is 0 Å². The van der Waals surface area contributed by atoms with Gasteiger partial charge in [0.15, 0.2) is 11.6 Å². The third-order valence-electron chi connectivity index (χ3n) is 13.7. The van der Waals surface area contributed by atoms with E-state index in [-0.39, 0.29) is 55.7 Å². The molecule has 0 bridgehead atoms. The van der Waals surface area contributed by atoms with Crippen LogP contribution in [0, 0.1) is 22.7 Å². The average Bonchev–Trinajstić information content (AvgIpc) is 4.32. The minimum Gasteiger partial charge on any atom is -0.361 e. The lowest BCUT2D eigenvalue weighted by Crippen LogP contribution is -2.33. The molecule has 9 aromatic heterocycles. The van der Waals surface area contributed by atoms with Gasteiger partial charge in [-0.25, -0.2) is 38.5 Å². The Kier molecular flexibility index (Phi) is 17.6. The summed E-state index contributed by atoms with van der Waals surface area (Å²) in [5, 5.41) is 31.5. The van der Waals surface area contributed by atoms with E-state index in [1.807, 2.05) is 15.2 Å². The summed E-state index contributed by atoms with van der Waals surface area (Å²) in [6.07, 6.45) is 14.8. The first-order chi connectivity index (χ1) is 36.5. The fraction of sp³-hybridized carbons (Fsp3) is 0.392. The van der Waals surface area contributed by atoms with Crippen molar-refractivity contribution in [3.8, 4) is 18.0 Å². The Bertz CT molecular complexity index is 3840. The third kappa shape index (κ3) is 11.6. The van der Waals surface area contributed by atoms with Crippen LogP contribution in [-0.2, 0) is 22.9 Å². The van der Waals surface area contributed by atoms with Crippen molar-refractivity contribution < 1.29 is 9.47 Å². The number of fused-ring (bicyclic) bond motifs is 4. The van der Waals surface area contributed by atoms with Crippen molar-refractivity contribution in [2.45, 2.75) is 103 Å². The van der Waals surface area contributed by atoms with E-state index in [0.29, 0.717) is 118 Å². The van der Waals surface area contributed by atoms with Crippen molar-refractivity contribution in [3.05, 3.63) is 127 Å². The van der Waals surface area contributed by atoms with Gasteiger partial charge in [-0.15, -0.1) is 0 Å². The molecule has 408 valence electrons. The van der Waals surface area contributed by atoms with Crippen LogP contribution in [0.2, 0.25) is 61.4 Å². The van der Waals surface area contributed by atoms with E-state index < -0.39 is 16.1 Å². The predicted molar refractivity (Wildman–Crippen MR) is 317 cm³/mol. The van der Waals surface area contributed by atoms with Crippen LogP contribution < -0.4 is 20.9 Å². The number of hydrogen-bond acceptors (Lipinski definition) is 15. The predicted octanol–water partition coefficient (Wildman–Crippen LogP) is 8.98. The second-order valence-corrected chi connectivity index (χ2v) is 33.4. The maximum atomic E-state index is 13.8. The number of halogens is 2. The Hall–Kier alpha value is -6.56. The maximum absolute atomic E-state index is 13.8. The Morgan fingerprint density at radius 3 is 1.74 bits per heavy atom. The number of aromatic nitrogens is 13. The van der Waals surface area contributed by atoms with Gasteiger partial charge in [0.1, 0.15) is 78.0 Å². The molecule has 2 fully saturated rings. The number of H-pyrrole nitrogens is 1. The van der Waals surface area contributed by atoms with Crippen molar-refractivity contribution in [2.24, 2.45) is 0 Å². The lowest BCUT2D eigenvalue weighted by molar-refractivity contribution is 0.0897. The fourth-order valence-corrected chi connectivity index (χ4v) is 11.8. The quantitative estimate of drug-likeness (QED) is 0.0745. The van der Waals surface area contributed by atoms with Crippen molar-refractivity contribution in [2.75, 3.05) is 36.1 Å². The molecule has 1 N–H and O–H groups in total. The Morgan fingerprint density at radius 2 is 1.22 bits per heavy atom. The number of rotatable bonds is 15. The summed E-state index contributed by atoms with van der Waals surface area (Å²) in [4.78, 5) is 56.3. The molecular formula is C51H61Cl2N17O4S2Si2. The molecule has 0 unspecified atom stereocenters. The van der Waals surface area contributed by atoms with E-state index >= 15 is 0 Å². The van der Waals surface area contributed by atoms with Gasteiger partial charge in [-0.1, -0.05) is 68.6 Å². The molecule has 11 rings (SSSR count). The number of nitriles is 2. The van der Waals surface area contributed by atoms with Gasteiger partial charge in [0.25, 0.3) is 11.1 Å². The second-order valence-electron chi connectivity index (χ2n) is 21.4. The Labute approximate surface area is 475 Å². The van der Waals surface area contributed by atoms with Crippen LogP contribution in [-0.4, -0.2) is 105 Å². The lowest BCUT2D eigenvalue weighted by Gasteiger charge is -2.27. The van der Waals surface area contributed by atoms with Crippen LogP contribution in [0.1, 0.15) is 60.5 Å². The zero-order valence-corrected chi connectivity index (χ0v) is 49.6. The normalized spacial score (nSPS) is 15.6. The van der Waals surface area contributed by atoms with Gasteiger partial charge in [-0.05, 0) is 62.0 Å². The van der Waals surface area contributed by atoms with Gasteiger partial charge in [-0.3, -0.25) is 9.59 Å². The topological polar surface area (TPSA) is 236 Å². The molecule has 0 amide bonds. The van der Waals surface area contributed by atoms with Crippen LogP contribution in [0.15, 0.2) is 83.6 Å². The summed E-state index contributed by atoms with van der Waals surface area (Å²) in [5.41, 5.74) is 2.26. The van der Waals surface area contributed by atoms with Crippen molar-refractivity contribution >= 4 is 111 Å². The number of nitrogens with one attached hydrogen (secondary N) is 1. The molecule has 2 atom stereocenters. The number of nitrogens with zero attached hydrogens (tertiary/aromatic N) is 16. The first-order valence-electron chi connectivity index (χ1n) is 25.2. The Balaban J connectivity index is 0.000000203. The summed E-state index contributed by atoms with van der Waals surface area (Å²) < 4.78 is 20.2. The van der Waals surface area contributed by atoms with E-state index in [9.17, 15) is 20.1 Å². The summed E-state index contributed by atoms with van der Waals surface area (Å²) >= 11 is 12.5. The first kappa shape index (κ1) is 57.6. The van der Waals surface area contributed by atoms with E-state index in [1.54, 1.807) is 55.2 Å². The van der Waals surface area contributed by atoms with Gasteiger partial charge >= 0.3 is 0 Å². The molecule has 2 aliphatic rings. The van der Waals surface area contributed by atoms with Gasteiger partial charge < -0.3 is 33.4 Å². The van der Waals surface area contributed by atoms with E-state index in [1.165, 1.54) is 26.3 Å². The molecule has 27 heteroatoms. The van der Waals surface area contributed by atoms with Gasteiger partial charge in [0.05, 0.1) is 44.0 Å². The largest absolute Gasteiger partial charge is 0.361 e. The number of hydrogen-bond donors (Lipinski definition) is 1. The molecule has 11 heterocycles. The molecule has 0 aliphatic carbocycles. The molecule has 2 saturated heterocycles. The monoisotopic (exact) mass is 1170 g/mol. The molecule has 0 aromatic carbocycles. The SMILES string of the molecule is C[Si](C)(C)CCOCn1cc(C#N)c2c(N3CCC[C@H]3c3nn4ccc(Cl)c4c(=O)[nH]3)ncnc21.C[Si](C)(C)CCOCn1cc(C#N)c2c(N3CCC[C@H]3c3nn4ccc(Cl)c4c(=O)n3-c3ccccn3)ncnc21.S.S. The maximum Gasteiger partial charge on any atom is 0.285 e. The van der Waals surface area contributed by atoms with E-state index in [2.05, 4.69) is 96.2 Å². The van der Waals surface area contributed by atoms with Crippen molar-refractivity contribution in [1.29, 1.82) is 10.5 Å². The summed E-state index contributed by atoms with van der Waals surface area (Å²) in [6.45, 7) is 17.2. The van der Waals surface area contributed by atoms with Crippen LogP contribution in [0.25, 0.3) is 38.9 Å². The molecular weight excluding hydrogens is 1110 g/mol. The summed E-state index contributed by atoms with van der Waals surface area (Å²) in [5.74, 6) is 2.79. The second kappa shape index (κ2) is 23.8. The molecule has 0 radical (unpaired) electrons. The zero-order valence-electron chi connectivity index (χ0n) is 44.1. The highest BCUT2D eigenvalue weighted by molar-refractivity contribution is 7.59. The minimum atomic E-state index is -1.23. The highest BCUT2D eigenvalue weighted by Gasteiger charge is 2.36. The number of anilines is 2. The number of ether oxygens (including phenoxy) is 2. The van der Waals surface area contributed by atoms with E-state index in [4.69, 9.17) is 37.8 Å². The number of aromatic amines is 1. The van der Waals surface area contributed by atoms with Gasteiger partial charge in [-0.2, -0.15) is 47.7 Å². The van der Waals surface area contributed by atoms with Crippen molar-refractivity contribution in [1.82, 2.24) is 62.8 Å². The average molecular weight is 1170 g/mol. The van der Waals surface area contributed by atoms with Crippen LogP contribution in [0.3, 0.4) is 0 Å². The van der Waals surface area contributed by atoms with Crippen LogP contribution in [0.5, 0.6) is 0 Å². The third-order valence-corrected chi connectivity index (χ3v) is 17.7. The van der Waals surface area contributed by atoms with E-state index in [0.717, 1.165) is 37.8 Å². The highest BCUT2D eigenvalue weighted by atomic mass is 35.5. The van der Waals surface area contributed by atoms with Gasteiger partial charge in [0.2, 0.25) is 0 Å². The molecule has 0 saturated carbocycles. The molecule has 21 nitrogen and oxygen atoms in total.